The van der Waals surface area contributed by atoms with E-state index in [4.69, 9.17) is 18.9 Å². The van der Waals surface area contributed by atoms with Gasteiger partial charge in [0, 0.05) is 5.56 Å². The van der Waals surface area contributed by atoms with Crippen LogP contribution < -0.4 is 23.7 Å². The molecule has 0 amide bonds. The van der Waals surface area contributed by atoms with E-state index in [0.717, 1.165) is 6.07 Å². The predicted octanol–water partition coefficient (Wildman–Crippen LogP) is 4.68. The fourth-order valence-electron chi connectivity index (χ4n) is 3.26. The number of phenolic OH excluding ortho intramolecular Hbond substituents is 1. The smallest absolute Gasteiger partial charge is 0.262 e. The van der Waals surface area contributed by atoms with Gasteiger partial charge >= 0.3 is 0 Å². The first-order valence-corrected chi connectivity index (χ1v) is 11.5. The van der Waals surface area contributed by atoms with Crippen LogP contribution in [0.4, 0.5) is 14.5 Å². The first kappa shape index (κ1) is 25.6. The molecule has 3 aromatic carbocycles. The number of anilines is 1. The van der Waals surface area contributed by atoms with Gasteiger partial charge in [0.25, 0.3) is 10.0 Å². The molecule has 0 radical (unpaired) electrons. The van der Waals surface area contributed by atoms with Crippen molar-refractivity contribution in [2.24, 2.45) is 0 Å². The highest BCUT2D eigenvalue weighted by atomic mass is 32.2. The van der Waals surface area contributed by atoms with E-state index >= 15 is 0 Å². The van der Waals surface area contributed by atoms with Crippen LogP contribution in [0.3, 0.4) is 0 Å². The normalized spacial score (nSPS) is 11.4. The van der Waals surface area contributed by atoms with Gasteiger partial charge in [-0.3, -0.25) is 4.72 Å². The molecule has 0 spiro atoms. The SMILES string of the molecule is COc1cc(C=Cc2ccc(O)c(OC)c2NS(=O)(=O)c2ccc(F)c(F)c2)cc(OC)c1OC. The van der Waals surface area contributed by atoms with Crippen LogP contribution in [0.5, 0.6) is 28.7 Å². The molecule has 0 aliphatic carbocycles. The largest absolute Gasteiger partial charge is 0.504 e. The Kier molecular flexibility index (Phi) is 7.70. The van der Waals surface area contributed by atoms with Gasteiger partial charge in [-0.1, -0.05) is 12.2 Å². The molecular weight excluding hydrogens is 484 g/mol. The average molecular weight is 508 g/mol. The number of nitrogens with one attached hydrogen (secondary N) is 1. The lowest BCUT2D eigenvalue weighted by Gasteiger charge is -2.16. The molecule has 0 aliphatic rings. The second kappa shape index (κ2) is 10.5. The lowest BCUT2D eigenvalue weighted by atomic mass is 10.1. The Morgan fingerprint density at radius 1 is 0.800 bits per heavy atom. The summed E-state index contributed by atoms with van der Waals surface area (Å²) in [6, 6.07) is 8.31. The molecule has 0 fully saturated rings. The quantitative estimate of drug-likeness (QED) is 0.406. The van der Waals surface area contributed by atoms with E-state index in [1.165, 1.54) is 40.6 Å². The third kappa shape index (κ3) is 5.40. The standard InChI is InChI=1S/C24H23F2NO7S/c1-31-20-11-14(12-21(32-2)24(20)34-4)5-6-15-7-10-19(28)23(33-3)22(15)27-35(29,30)16-8-9-17(25)18(26)13-16/h5-13,27-28H,1-4H3. The van der Waals surface area contributed by atoms with E-state index in [1.54, 1.807) is 24.3 Å². The van der Waals surface area contributed by atoms with Crippen LogP contribution in [0.15, 0.2) is 47.4 Å². The van der Waals surface area contributed by atoms with Crippen molar-refractivity contribution < 1.29 is 41.3 Å². The van der Waals surface area contributed by atoms with E-state index in [0.29, 0.717) is 40.5 Å². The summed E-state index contributed by atoms with van der Waals surface area (Å²) in [5.41, 5.74) is 0.821. The Hall–Kier alpha value is -3.99. The lowest BCUT2D eigenvalue weighted by Crippen LogP contribution is -2.15. The van der Waals surface area contributed by atoms with Crippen molar-refractivity contribution in [3.05, 3.63) is 65.2 Å². The fraction of sp³-hybridized carbons (Fsp3) is 0.167. The van der Waals surface area contributed by atoms with Gasteiger partial charge in [-0.05, 0) is 48.0 Å². The van der Waals surface area contributed by atoms with E-state index < -0.39 is 26.6 Å². The van der Waals surface area contributed by atoms with Crippen LogP contribution in [0.25, 0.3) is 12.2 Å². The number of hydrogen-bond donors (Lipinski definition) is 2. The number of ether oxygens (including phenoxy) is 4. The summed E-state index contributed by atoms with van der Waals surface area (Å²) in [5.74, 6) is -1.78. The molecule has 11 heteroatoms. The summed E-state index contributed by atoms with van der Waals surface area (Å²) in [6.45, 7) is 0. The number of phenols is 1. The van der Waals surface area contributed by atoms with Gasteiger partial charge in [0.05, 0.1) is 33.3 Å². The summed E-state index contributed by atoms with van der Waals surface area (Å²) < 4.78 is 76.2. The molecule has 3 aromatic rings. The Bertz CT molecular complexity index is 1350. The third-order valence-corrected chi connectivity index (χ3v) is 6.30. The van der Waals surface area contributed by atoms with Gasteiger partial charge in [-0.25, -0.2) is 17.2 Å². The van der Waals surface area contributed by atoms with E-state index in [2.05, 4.69) is 4.72 Å². The van der Waals surface area contributed by atoms with E-state index in [-0.39, 0.29) is 17.2 Å². The molecule has 0 bridgehead atoms. The van der Waals surface area contributed by atoms with Crippen molar-refractivity contribution in [3.8, 4) is 28.7 Å². The van der Waals surface area contributed by atoms with Crippen LogP contribution in [-0.2, 0) is 10.0 Å². The van der Waals surface area contributed by atoms with Gasteiger partial charge in [0.1, 0.15) is 5.69 Å². The van der Waals surface area contributed by atoms with Gasteiger partial charge in [-0.15, -0.1) is 0 Å². The molecule has 0 heterocycles. The van der Waals surface area contributed by atoms with Crippen LogP contribution in [0.2, 0.25) is 0 Å². The maximum Gasteiger partial charge on any atom is 0.262 e. The van der Waals surface area contributed by atoms with Gasteiger partial charge in [0.15, 0.2) is 34.6 Å². The van der Waals surface area contributed by atoms with Crippen LogP contribution >= 0.6 is 0 Å². The number of halogens is 2. The summed E-state index contributed by atoms with van der Waals surface area (Å²) in [7, 11) is 1.29. The maximum absolute atomic E-state index is 13.7. The minimum absolute atomic E-state index is 0.110. The molecule has 35 heavy (non-hydrogen) atoms. The molecule has 0 atom stereocenters. The summed E-state index contributed by atoms with van der Waals surface area (Å²) in [5, 5.41) is 10.2. The van der Waals surface area contributed by atoms with Crippen molar-refractivity contribution >= 4 is 27.9 Å². The van der Waals surface area contributed by atoms with E-state index in [9.17, 15) is 22.3 Å². The van der Waals surface area contributed by atoms with Crippen molar-refractivity contribution in [3.63, 3.8) is 0 Å². The Balaban J connectivity index is 2.08. The second-order valence-corrected chi connectivity index (χ2v) is 8.74. The van der Waals surface area contributed by atoms with Crippen molar-refractivity contribution in [2.45, 2.75) is 4.90 Å². The Labute approximate surface area is 201 Å². The van der Waals surface area contributed by atoms with Gasteiger partial charge < -0.3 is 24.1 Å². The summed E-state index contributed by atoms with van der Waals surface area (Å²) >= 11 is 0. The highest BCUT2D eigenvalue weighted by Gasteiger charge is 2.22. The van der Waals surface area contributed by atoms with Gasteiger partial charge in [0.2, 0.25) is 5.75 Å². The molecule has 8 nitrogen and oxygen atoms in total. The lowest BCUT2D eigenvalue weighted by molar-refractivity contribution is 0.324. The molecule has 0 unspecified atom stereocenters. The predicted molar refractivity (Wildman–Crippen MR) is 127 cm³/mol. The molecule has 0 aromatic heterocycles. The maximum atomic E-state index is 13.7. The number of hydrogen-bond acceptors (Lipinski definition) is 7. The summed E-state index contributed by atoms with van der Waals surface area (Å²) in [6.07, 6.45) is 3.21. The number of methoxy groups -OCH3 is 4. The molecule has 2 N–H and O–H groups in total. The minimum Gasteiger partial charge on any atom is -0.504 e. The van der Waals surface area contributed by atoms with E-state index in [1.807, 2.05) is 0 Å². The molecule has 186 valence electrons. The number of benzene rings is 3. The Morgan fingerprint density at radius 2 is 1.43 bits per heavy atom. The Morgan fingerprint density at radius 3 is 1.97 bits per heavy atom. The molecule has 0 saturated heterocycles. The number of sulfonamides is 1. The second-order valence-electron chi connectivity index (χ2n) is 7.06. The minimum atomic E-state index is -4.38. The topological polar surface area (TPSA) is 103 Å². The first-order valence-electron chi connectivity index (χ1n) is 10.0. The molecular formula is C24H23F2NO7S. The first-order chi connectivity index (χ1) is 16.6. The number of rotatable bonds is 9. The third-order valence-electron chi connectivity index (χ3n) is 4.95. The monoisotopic (exact) mass is 507 g/mol. The zero-order valence-corrected chi connectivity index (χ0v) is 20.1. The van der Waals surface area contributed by atoms with Crippen molar-refractivity contribution in [2.75, 3.05) is 33.2 Å². The fourth-order valence-corrected chi connectivity index (χ4v) is 4.36. The van der Waals surface area contributed by atoms with Crippen LogP contribution in [-0.4, -0.2) is 42.0 Å². The highest BCUT2D eigenvalue weighted by molar-refractivity contribution is 7.92. The van der Waals surface area contributed by atoms with Crippen molar-refractivity contribution in [1.82, 2.24) is 0 Å². The average Bonchev–Trinajstić information content (AvgIpc) is 2.84. The molecule has 0 aliphatic heterocycles. The van der Waals surface area contributed by atoms with Crippen LogP contribution in [0, 0.1) is 11.6 Å². The van der Waals surface area contributed by atoms with Crippen molar-refractivity contribution in [1.29, 1.82) is 0 Å². The summed E-state index contributed by atoms with van der Waals surface area (Å²) in [4.78, 5) is -0.513. The zero-order chi connectivity index (χ0) is 25.8. The zero-order valence-electron chi connectivity index (χ0n) is 19.3. The molecule has 0 saturated carbocycles. The van der Waals surface area contributed by atoms with Crippen LogP contribution in [0.1, 0.15) is 11.1 Å². The molecule has 3 rings (SSSR count). The highest BCUT2D eigenvalue weighted by Crippen LogP contribution is 2.41. The number of aromatic hydroxyl groups is 1. The van der Waals surface area contributed by atoms with Gasteiger partial charge in [-0.2, -0.15) is 0 Å².